The van der Waals surface area contributed by atoms with Crippen LogP contribution in [0.2, 0.25) is 5.02 Å². The van der Waals surface area contributed by atoms with Crippen molar-refractivity contribution in [1.29, 1.82) is 0 Å². The number of rotatable bonds is 5. The fourth-order valence-electron chi connectivity index (χ4n) is 1.38. The molecule has 0 amide bonds. The van der Waals surface area contributed by atoms with E-state index in [1.165, 1.54) is 18.5 Å². The number of nitrogens with one attached hydrogen (secondary N) is 2. The Kier molecular flexibility index (Phi) is 3.95. The molecule has 0 fully saturated rings. The van der Waals surface area contributed by atoms with Gasteiger partial charge >= 0.3 is 0 Å². The predicted molar refractivity (Wildman–Crippen MR) is 66.7 cm³/mol. The number of aromatic amines is 1. The van der Waals surface area contributed by atoms with E-state index in [-0.39, 0.29) is 16.5 Å². The third-order valence-corrected chi connectivity index (χ3v) is 4.20. The van der Waals surface area contributed by atoms with Crippen LogP contribution in [0, 0.1) is 0 Å². The van der Waals surface area contributed by atoms with Crippen LogP contribution in [0.5, 0.6) is 0 Å². The molecule has 2 heterocycles. The van der Waals surface area contributed by atoms with Crippen molar-refractivity contribution < 1.29 is 8.42 Å². The van der Waals surface area contributed by atoms with E-state index in [0.717, 1.165) is 5.69 Å². The lowest BCUT2D eigenvalue weighted by Gasteiger charge is -2.06. The van der Waals surface area contributed by atoms with Gasteiger partial charge in [0.25, 0.3) is 0 Å². The second kappa shape index (κ2) is 5.47. The first kappa shape index (κ1) is 13.0. The minimum atomic E-state index is -3.62. The van der Waals surface area contributed by atoms with Crippen molar-refractivity contribution in [2.24, 2.45) is 0 Å². The lowest BCUT2D eigenvalue weighted by atomic mass is 10.3. The van der Waals surface area contributed by atoms with Crippen molar-refractivity contribution in [2.75, 3.05) is 6.54 Å². The van der Waals surface area contributed by atoms with E-state index >= 15 is 0 Å². The summed E-state index contributed by atoms with van der Waals surface area (Å²) >= 11 is 5.81. The van der Waals surface area contributed by atoms with Crippen molar-refractivity contribution in [3.63, 3.8) is 0 Å². The van der Waals surface area contributed by atoms with Gasteiger partial charge in [-0.25, -0.2) is 18.1 Å². The standard InChI is InChI=1S/C10H11ClN4O2S/c11-9-2-3-12-6-10(9)18(16,17)15-4-1-8-5-13-7-14-8/h2-3,5-7,15H,1,4H2,(H,13,14). The van der Waals surface area contributed by atoms with Crippen molar-refractivity contribution in [1.82, 2.24) is 19.7 Å². The summed E-state index contributed by atoms with van der Waals surface area (Å²) in [5, 5.41) is 0.152. The quantitative estimate of drug-likeness (QED) is 0.857. The zero-order chi connectivity index (χ0) is 13.0. The highest BCUT2D eigenvalue weighted by atomic mass is 35.5. The van der Waals surface area contributed by atoms with Crippen LogP contribution < -0.4 is 4.72 Å². The molecule has 2 aromatic heterocycles. The molecular formula is C10H11ClN4O2S. The minimum Gasteiger partial charge on any atom is -0.348 e. The first-order chi connectivity index (χ1) is 8.59. The lowest BCUT2D eigenvalue weighted by molar-refractivity contribution is 0.581. The molecule has 0 atom stereocenters. The number of sulfonamides is 1. The average Bonchev–Trinajstić information content (AvgIpc) is 2.82. The molecule has 6 nitrogen and oxygen atoms in total. The highest BCUT2D eigenvalue weighted by Gasteiger charge is 2.17. The molecular weight excluding hydrogens is 276 g/mol. The van der Waals surface area contributed by atoms with E-state index in [1.807, 2.05) is 0 Å². The maximum absolute atomic E-state index is 11.9. The van der Waals surface area contributed by atoms with Gasteiger partial charge in [0.15, 0.2) is 0 Å². The van der Waals surface area contributed by atoms with Gasteiger partial charge < -0.3 is 4.98 Å². The summed E-state index contributed by atoms with van der Waals surface area (Å²) in [5.41, 5.74) is 0.856. The average molecular weight is 287 g/mol. The Hall–Kier alpha value is -1.44. The number of aromatic nitrogens is 3. The number of pyridine rings is 1. The largest absolute Gasteiger partial charge is 0.348 e. The number of H-pyrrole nitrogens is 1. The highest BCUT2D eigenvalue weighted by molar-refractivity contribution is 7.89. The number of halogens is 1. The van der Waals surface area contributed by atoms with Gasteiger partial charge in [0.1, 0.15) is 4.90 Å². The molecule has 0 radical (unpaired) electrons. The van der Waals surface area contributed by atoms with Crippen LogP contribution in [0.15, 0.2) is 35.9 Å². The molecule has 2 rings (SSSR count). The molecule has 2 N–H and O–H groups in total. The summed E-state index contributed by atoms with van der Waals surface area (Å²) in [5.74, 6) is 0. The van der Waals surface area contributed by atoms with Gasteiger partial charge in [-0.15, -0.1) is 0 Å². The van der Waals surface area contributed by atoms with Gasteiger partial charge in [-0.1, -0.05) is 11.6 Å². The Morgan fingerprint density at radius 3 is 2.83 bits per heavy atom. The molecule has 0 saturated carbocycles. The molecule has 0 aliphatic heterocycles. The van der Waals surface area contributed by atoms with Crippen LogP contribution in [0.25, 0.3) is 0 Å². The van der Waals surface area contributed by atoms with Gasteiger partial charge in [-0.3, -0.25) is 4.98 Å². The summed E-state index contributed by atoms with van der Waals surface area (Å²) in [4.78, 5) is 10.5. The summed E-state index contributed by atoms with van der Waals surface area (Å²) in [7, 11) is -3.62. The van der Waals surface area contributed by atoms with Crippen LogP contribution in [-0.4, -0.2) is 29.9 Å². The van der Waals surface area contributed by atoms with Gasteiger partial charge in [0.05, 0.1) is 11.3 Å². The normalized spacial score (nSPS) is 11.6. The molecule has 0 unspecified atom stereocenters. The molecule has 0 saturated heterocycles. The summed E-state index contributed by atoms with van der Waals surface area (Å²) < 4.78 is 26.3. The van der Waals surface area contributed by atoms with Crippen molar-refractivity contribution >= 4 is 21.6 Å². The third kappa shape index (κ3) is 3.06. The number of nitrogens with zero attached hydrogens (tertiary/aromatic N) is 2. The van der Waals surface area contributed by atoms with Crippen LogP contribution >= 0.6 is 11.6 Å². The highest BCUT2D eigenvalue weighted by Crippen LogP contribution is 2.18. The third-order valence-electron chi connectivity index (χ3n) is 2.26. The smallest absolute Gasteiger partial charge is 0.243 e. The minimum absolute atomic E-state index is 0.0173. The molecule has 0 aliphatic rings. The van der Waals surface area contributed by atoms with Crippen molar-refractivity contribution in [3.8, 4) is 0 Å². The second-order valence-electron chi connectivity index (χ2n) is 3.53. The maximum Gasteiger partial charge on any atom is 0.243 e. The van der Waals surface area contributed by atoms with Crippen molar-refractivity contribution in [3.05, 3.63) is 41.7 Å². The monoisotopic (exact) mass is 286 g/mol. The molecule has 18 heavy (non-hydrogen) atoms. The number of hydrogen-bond acceptors (Lipinski definition) is 4. The fraction of sp³-hybridized carbons (Fsp3) is 0.200. The van der Waals surface area contributed by atoms with Crippen molar-refractivity contribution in [2.45, 2.75) is 11.3 Å². The van der Waals surface area contributed by atoms with E-state index in [2.05, 4.69) is 19.7 Å². The number of imidazole rings is 1. The maximum atomic E-state index is 11.9. The Bertz CT molecular complexity index is 613. The zero-order valence-corrected chi connectivity index (χ0v) is 10.9. The summed E-state index contributed by atoms with van der Waals surface area (Å²) in [6.45, 7) is 0.260. The van der Waals surface area contributed by atoms with Gasteiger partial charge in [0.2, 0.25) is 10.0 Å². The van der Waals surface area contributed by atoms with E-state index in [4.69, 9.17) is 11.6 Å². The lowest BCUT2D eigenvalue weighted by Crippen LogP contribution is -2.26. The Balaban J connectivity index is 2.02. The van der Waals surface area contributed by atoms with Gasteiger partial charge in [0, 0.05) is 37.3 Å². The molecule has 0 aliphatic carbocycles. The number of hydrogen-bond donors (Lipinski definition) is 2. The molecule has 0 spiro atoms. The SMILES string of the molecule is O=S(=O)(NCCc1cnc[nH]1)c1cnccc1Cl. The van der Waals surface area contributed by atoms with Crippen LogP contribution in [0.3, 0.4) is 0 Å². The Morgan fingerprint density at radius 1 is 1.33 bits per heavy atom. The Labute approximate surface area is 109 Å². The predicted octanol–water partition coefficient (Wildman–Crippen LogP) is 0.979. The van der Waals surface area contributed by atoms with E-state index in [1.54, 1.807) is 12.5 Å². The first-order valence-corrected chi connectivity index (χ1v) is 7.02. The molecule has 0 bridgehead atoms. The zero-order valence-electron chi connectivity index (χ0n) is 9.30. The topological polar surface area (TPSA) is 87.7 Å². The van der Waals surface area contributed by atoms with Gasteiger partial charge in [-0.2, -0.15) is 0 Å². The van der Waals surface area contributed by atoms with E-state index in [0.29, 0.717) is 6.42 Å². The molecule has 8 heteroatoms. The Morgan fingerprint density at radius 2 is 2.17 bits per heavy atom. The second-order valence-corrected chi connectivity index (χ2v) is 5.67. The summed E-state index contributed by atoms with van der Waals surface area (Å²) in [6, 6.07) is 1.44. The molecule has 96 valence electrons. The summed E-state index contributed by atoms with van der Waals surface area (Å²) in [6.07, 6.45) is 6.37. The van der Waals surface area contributed by atoms with E-state index in [9.17, 15) is 8.42 Å². The van der Waals surface area contributed by atoms with Crippen LogP contribution in [0.4, 0.5) is 0 Å². The van der Waals surface area contributed by atoms with Gasteiger partial charge in [-0.05, 0) is 6.07 Å². The van der Waals surface area contributed by atoms with E-state index < -0.39 is 10.0 Å². The first-order valence-electron chi connectivity index (χ1n) is 5.16. The fourth-order valence-corrected chi connectivity index (χ4v) is 2.84. The molecule has 0 aromatic carbocycles. The van der Waals surface area contributed by atoms with Crippen LogP contribution in [-0.2, 0) is 16.4 Å². The molecule has 2 aromatic rings. The van der Waals surface area contributed by atoms with Crippen LogP contribution in [0.1, 0.15) is 5.69 Å².